The summed E-state index contributed by atoms with van der Waals surface area (Å²) in [6, 6.07) is 7.51. The van der Waals surface area contributed by atoms with E-state index in [0.717, 1.165) is 27.9 Å². The van der Waals surface area contributed by atoms with Crippen molar-refractivity contribution >= 4 is 28.1 Å². The average Bonchev–Trinajstić information content (AvgIpc) is 3.14. The first-order valence-electron chi connectivity index (χ1n) is 7.19. The highest BCUT2D eigenvalue weighted by Gasteiger charge is 2.15. The summed E-state index contributed by atoms with van der Waals surface area (Å²) in [5.41, 5.74) is 4.30. The monoisotopic (exact) mass is 306 g/mol. The first-order valence-corrected chi connectivity index (χ1v) is 7.19. The lowest BCUT2D eigenvalue weighted by Gasteiger charge is -2.09. The molecule has 4 rings (SSSR count). The van der Waals surface area contributed by atoms with Gasteiger partial charge in [-0.15, -0.1) is 0 Å². The molecule has 0 saturated carbocycles. The minimum absolute atomic E-state index is 0.229. The van der Waals surface area contributed by atoms with Crippen LogP contribution in [0.3, 0.4) is 0 Å². The third kappa shape index (κ3) is 2.13. The van der Waals surface area contributed by atoms with Crippen LogP contribution in [-0.4, -0.2) is 30.7 Å². The zero-order valence-corrected chi connectivity index (χ0v) is 12.7. The molecule has 7 heteroatoms. The van der Waals surface area contributed by atoms with Crippen molar-refractivity contribution in [3.8, 4) is 0 Å². The van der Waals surface area contributed by atoms with E-state index in [0.29, 0.717) is 11.3 Å². The molecule has 0 unspecified atom stereocenters. The van der Waals surface area contributed by atoms with Crippen LogP contribution in [0.4, 0.5) is 5.69 Å². The molecule has 4 aromatic rings. The van der Waals surface area contributed by atoms with Crippen LogP contribution in [0.15, 0.2) is 36.7 Å². The number of carbonyl (C=O) groups excluding carboxylic acids is 1. The first-order chi connectivity index (χ1) is 11.1. The van der Waals surface area contributed by atoms with Crippen LogP contribution in [0, 0.1) is 13.8 Å². The second-order valence-electron chi connectivity index (χ2n) is 5.41. The highest BCUT2D eigenvalue weighted by atomic mass is 16.1. The number of aryl methyl sites for hydroxylation is 2. The molecule has 1 amide bonds. The number of benzene rings is 1. The van der Waals surface area contributed by atoms with Crippen LogP contribution < -0.4 is 5.32 Å². The molecule has 0 radical (unpaired) electrons. The number of aromatic nitrogens is 5. The summed E-state index contributed by atoms with van der Waals surface area (Å²) in [6.07, 6.45) is 3.30. The Morgan fingerprint density at radius 3 is 3.00 bits per heavy atom. The number of amides is 1. The molecule has 0 aliphatic carbocycles. The van der Waals surface area contributed by atoms with Gasteiger partial charge in [0.1, 0.15) is 0 Å². The molecule has 3 aromatic heterocycles. The van der Waals surface area contributed by atoms with E-state index in [1.165, 1.54) is 0 Å². The van der Waals surface area contributed by atoms with E-state index in [2.05, 4.69) is 25.6 Å². The lowest BCUT2D eigenvalue weighted by Crippen LogP contribution is -2.16. The van der Waals surface area contributed by atoms with Crippen LogP contribution in [0.1, 0.15) is 21.7 Å². The van der Waals surface area contributed by atoms with Crippen LogP contribution in [0.25, 0.3) is 16.6 Å². The van der Waals surface area contributed by atoms with E-state index >= 15 is 0 Å². The summed E-state index contributed by atoms with van der Waals surface area (Å²) in [6.45, 7) is 3.75. The summed E-state index contributed by atoms with van der Waals surface area (Å²) in [5.74, 6) is -0.229. The minimum atomic E-state index is -0.229. The maximum Gasteiger partial charge on any atom is 0.259 e. The fraction of sp³-hybridized carbons (Fsp3) is 0.125. The summed E-state index contributed by atoms with van der Waals surface area (Å²) in [7, 11) is 0. The normalized spacial score (nSPS) is 11.2. The zero-order chi connectivity index (χ0) is 16.0. The number of rotatable bonds is 2. The van der Waals surface area contributed by atoms with Crippen LogP contribution in [0.5, 0.6) is 0 Å². The lowest BCUT2D eigenvalue weighted by molar-refractivity contribution is 0.102. The summed E-state index contributed by atoms with van der Waals surface area (Å²) < 4.78 is 1.68. The van der Waals surface area contributed by atoms with Gasteiger partial charge in [-0.3, -0.25) is 9.89 Å². The molecule has 2 N–H and O–H groups in total. The number of carbonyl (C=O) groups is 1. The van der Waals surface area contributed by atoms with E-state index in [4.69, 9.17) is 0 Å². The minimum Gasteiger partial charge on any atom is -0.320 e. The van der Waals surface area contributed by atoms with Crippen molar-refractivity contribution in [2.24, 2.45) is 0 Å². The number of hydrogen-bond acceptors (Lipinski definition) is 4. The summed E-state index contributed by atoms with van der Waals surface area (Å²) in [4.78, 5) is 16.9. The number of para-hydroxylation sites is 1. The fourth-order valence-electron chi connectivity index (χ4n) is 2.65. The van der Waals surface area contributed by atoms with Gasteiger partial charge < -0.3 is 5.32 Å². The molecule has 0 spiro atoms. The van der Waals surface area contributed by atoms with E-state index in [9.17, 15) is 4.79 Å². The number of anilines is 1. The number of aromatic amines is 1. The van der Waals surface area contributed by atoms with Gasteiger partial charge in [-0.05, 0) is 19.9 Å². The maximum absolute atomic E-state index is 12.6. The van der Waals surface area contributed by atoms with Crippen molar-refractivity contribution in [1.29, 1.82) is 0 Å². The van der Waals surface area contributed by atoms with Gasteiger partial charge in [0.15, 0.2) is 5.65 Å². The predicted octanol–water partition coefficient (Wildman–Crippen LogP) is 2.47. The average molecular weight is 306 g/mol. The van der Waals surface area contributed by atoms with Crippen molar-refractivity contribution in [2.75, 3.05) is 5.32 Å². The third-order valence-corrected chi connectivity index (χ3v) is 3.82. The number of nitrogens with zero attached hydrogens (tertiary/aromatic N) is 4. The molecule has 1 aromatic carbocycles. The first kappa shape index (κ1) is 13.4. The van der Waals surface area contributed by atoms with Crippen molar-refractivity contribution in [3.05, 3.63) is 53.6 Å². The Morgan fingerprint density at radius 1 is 1.26 bits per heavy atom. The molecular formula is C16H14N6O. The molecule has 0 bridgehead atoms. The molecule has 0 fully saturated rings. The molecule has 0 aliphatic rings. The Labute approximate surface area is 131 Å². The van der Waals surface area contributed by atoms with E-state index in [-0.39, 0.29) is 5.91 Å². The summed E-state index contributed by atoms with van der Waals surface area (Å²) in [5, 5.41) is 15.1. The Morgan fingerprint density at radius 2 is 2.13 bits per heavy atom. The van der Waals surface area contributed by atoms with Crippen molar-refractivity contribution in [1.82, 2.24) is 24.8 Å². The molecule has 23 heavy (non-hydrogen) atoms. The smallest absolute Gasteiger partial charge is 0.259 e. The van der Waals surface area contributed by atoms with Crippen LogP contribution >= 0.6 is 0 Å². The van der Waals surface area contributed by atoms with Gasteiger partial charge >= 0.3 is 0 Å². The van der Waals surface area contributed by atoms with E-state index in [1.54, 1.807) is 16.9 Å². The number of nitrogens with one attached hydrogen (secondary N) is 2. The van der Waals surface area contributed by atoms with Crippen molar-refractivity contribution in [2.45, 2.75) is 13.8 Å². The SMILES string of the molecule is Cc1cc2ncc(C(=O)Nc3cccc4cn[nH]c34)c(C)n2n1. The van der Waals surface area contributed by atoms with E-state index in [1.807, 2.05) is 38.1 Å². The van der Waals surface area contributed by atoms with Crippen LogP contribution in [0.2, 0.25) is 0 Å². The Bertz CT molecular complexity index is 1050. The Hall–Kier alpha value is -3.22. The summed E-state index contributed by atoms with van der Waals surface area (Å²) >= 11 is 0. The highest BCUT2D eigenvalue weighted by molar-refractivity contribution is 6.08. The zero-order valence-electron chi connectivity index (χ0n) is 12.7. The lowest BCUT2D eigenvalue weighted by atomic mass is 10.2. The van der Waals surface area contributed by atoms with E-state index < -0.39 is 0 Å². The molecule has 0 atom stereocenters. The Kier molecular flexibility index (Phi) is 2.87. The fourth-order valence-corrected chi connectivity index (χ4v) is 2.65. The molecule has 0 aliphatic heterocycles. The number of H-pyrrole nitrogens is 1. The number of hydrogen-bond donors (Lipinski definition) is 2. The highest BCUT2D eigenvalue weighted by Crippen LogP contribution is 2.21. The van der Waals surface area contributed by atoms with Gasteiger partial charge in [-0.25, -0.2) is 9.50 Å². The topological polar surface area (TPSA) is 88.0 Å². The quantitative estimate of drug-likeness (QED) is 0.595. The van der Waals surface area contributed by atoms with Gasteiger partial charge in [0.2, 0.25) is 0 Å². The van der Waals surface area contributed by atoms with Crippen molar-refractivity contribution in [3.63, 3.8) is 0 Å². The van der Waals surface area contributed by atoms with Gasteiger partial charge in [0, 0.05) is 17.6 Å². The standard InChI is InChI=1S/C16H14N6O/c1-9-6-14-17-8-12(10(2)22(14)21-9)16(23)19-13-5-3-4-11-7-18-20-15(11)13/h3-8H,1-2H3,(H,18,20)(H,19,23). The molecule has 0 saturated heterocycles. The largest absolute Gasteiger partial charge is 0.320 e. The van der Waals surface area contributed by atoms with Gasteiger partial charge in [0.25, 0.3) is 5.91 Å². The second kappa shape index (κ2) is 4.91. The molecular weight excluding hydrogens is 292 g/mol. The maximum atomic E-state index is 12.6. The van der Waals surface area contributed by atoms with Gasteiger partial charge in [-0.2, -0.15) is 10.2 Å². The second-order valence-corrected chi connectivity index (χ2v) is 5.41. The molecule has 7 nitrogen and oxygen atoms in total. The third-order valence-electron chi connectivity index (χ3n) is 3.82. The van der Waals surface area contributed by atoms with Gasteiger partial charge in [0.05, 0.1) is 34.4 Å². The van der Waals surface area contributed by atoms with Gasteiger partial charge in [-0.1, -0.05) is 12.1 Å². The predicted molar refractivity (Wildman–Crippen MR) is 86.5 cm³/mol. The Balaban J connectivity index is 1.74. The van der Waals surface area contributed by atoms with Crippen molar-refractivity contribution < 1.29 is 4.79 Å². The molecule has 3 heterocycles. The molecule has 114 valence electrons. The van der Waals surface area contributed by atoms with Crippen LogP contribution in [-0.2, 0) is 0 Å². The number of fused-ring (bicyclic) bond motifs is 2.